The highest BCUT2D eigenvalue weighted by atomic mass is 35.5. The van der Waals surface area contributed by atoms with Gasteiger partial charge in [0.05, 0.1) is 29.8 Å². The van der Waals surface area contributed by atoms with Crippen LogP contribution in [0.1, 0.15) is 9.88 Å². The highest BCUT2D eigenvalue weighted by Gasteiger charge is 2.21. The Hall–Kier alpha value is -1.57. The molecule has 0 aliphatic carbocycles. The zero-order chi connectivity index (χ0) is 12.5. The highest BCUT2D eigenvalue weighted by molar-refractivity contribution is 7.12. The van der Waals surface area contributed by atoms with E-state index in [1.165, 1.54) is 4.88 Å². The molecule has 0 radical (unpaired) electrons. The topological polar surface area (TPSA) is 45.9 Å². The van der Waals surface area contributed by atoms with Crippen molar-refractivity contribution in [3.05, 3.63) is 33.1 Å². The van der Waals surface area contributed by atoms with Crippen molar-refractivity contribution in [2.24, 2.45) is 0 Å². The monoisotopic (exact) mass is 276 g/mol. The predicted octanol–water partition coefficient (Wildman–Crippen LogP) is 3.46. The summed E-state index contributed by atoms with van der Waals surface area (Å²) in [5, 5.41) is 10.2. The molecular weight excluding hydrogens is 268 g/mol. The third kappa shape index (κ3) is 1.86. The lowest BCUT2D eigenvalue weighted by atomic mass is 10.1. The van der Waals surface area contributed by atoms with Gasteiger partial charge >= 0.3 is 0 Å². The Kier molecular flexibility index (Phi) is 2.94. The molecular formula is C13H9ClN2OS. The SMILES string of the molecule is N#CCc1nc2c(s1)CCOc1c(Cl)cccc1-2. The van der Waals surface area contributed by atoms with Crippen molar-refractivity contribution in [3.8, 4) is 23.1 Å². The van der Waals surface area contributed by atoms with E-state index in [1.54, 1.807) is 11.3 Å². The van der Waals surface area contributed by atoms with E-state index in [-0.39, 0.29) is 0 Å². The second-order valence-corrected chi connectivity index (χ2v) is 5.50. The zero-order valence-electron chi connectivity index (χ0n) is 9.44. The largest absolute Gasteiger partial charge is 0.491 e. The first-order valence-electron chi connectivity index (χ1n) is 5.57. The van der Waals surface area contributed by atoms with E-state index in [1.807, 2.05) is 18.2 Å². The number of nitrogens with zero attached hydrogens (tertiary/aromatic N) is 2. The van der Waals surface area contributed by atoms with Crippen molar-refractivity contribution < 1.29 is 4.74 Å². The number of fused-ring (bicyclic) bond motifs is 3. The van der Waals surface area contributed by atoms with Crippen molar-refractivity contribution in [3.63, 3.8) is 0 Å². The van der Waals surface area contributed by atoms with Crippen LogP contribution in [0.15, 0.2) is 18.2 Å². The molecule has 1 aliphatic heterocycles. The molecule has 18 heavy (non-hydrogen) atoms. The van der Waals surface area contributed by atoms with E-state index in [4.69, 9.17) is 21.6 Å². The summed E-state index contributed by atoms with van der Waals surface area (Å²) >= 11 is 7.73. The van der Waals surface area contributed by atoms with E-state index in [9.17, 15) is 0 Å². The average Bonchev–Trinajstić information content (AvgIpc) is 2.67. The molecule has 1 aromatic carbocycles. The Morgan fingerprint density at radius 3 is 3.22 bits per heavy atom. The van der Waals surface area contributed by atoms with Crippen LogP contribution in [0.2, 0.25) is 5.02 Å². The molecule has 90 valence electrons. The second kappa shape index (κ2) is 4.60. The van der Waals surface area contributed by atoms with Crippen molar-refractivity contribution in [1.29, 1.82) is 5.26 Å². The number of halogens is 1. The zero-order valence-corrected chi connectivity index (χ0v) is 11.0. The fourth-order valence-corrected chi connectivity index (χ4v) is 3.24. The maximum absolute atomic E-state index is 8.75. The molecule has 0 fully saturated rings. The minimum atomic E-state index is 0.356. The maximum Gasteiger partial charge on any atom is 0.147 e. The van der Waals surface area contributed by atoms with E-state index in [0.717, 1.165) is 22.7 Å². The van der Waals surface area contributed by atoms with Crippen LogP contribution in [0.5, 0.6) is 5.75 Å². The molecule has 0 saturated heterocycles. The molecule has 3 rings (SSSR count). The first kappa shape index (κ1) is 11.5. The molecule has 0 amide bonds. The Bertz CT molecular complexity index is 645. The summed E-state index contributed by atoms with van der Waals surface area (Å²) in [6.45, 7) is 0.595. The Labute approximate surface area is 114 Å². The van der Waals surface area contributed by atoms with E-state index in [0.29, 0.717) is 23.8 Å². The Morgan fingerprint density at radius 1 is 1.50 bits per heavy atom. The summed E-state index contributed by atoms with van der Waals surface area (Å²) < 4.78 is 5.69. The number of nitriles is 1. The summed E-state index contributed by atoms with van der Waals surface area (Å²) in [7, 11) is 0. The molecule has 0 unspecified atom stereocenters. The highest BCUT2D eigenvalue weighted by Crippen LogP contribution is 2.41. The lowest BCUT2D eigenvalue weighted by Gasteiger charge is -2.08. The summed E-state index contributed by atoms with van der Waals surface area (Å²) in [4.78, 5) is 5.71. The fraction of sp³-hybridized carbons (Fsp3) is 0.231. The van der Waals surface area contributed by atoms with Crippen molar-refractivity contribution >= 4 is 22.9 Å². The molecule has 1 aliphatic rings. The number of benzene rings is 1. The van der Waals surface area contributed by atoms with Crippen molar-refractivity contribution in [2.45, 2.75) is 12.8 Å². The van der Waals surface area contributed by atoms with Crippen LogP contribution in [0, 0.1) is 11.3 Å². The molecule has 0 spiro atoms. The van der Waals surface area contributed by atoms with Crippen LogP contribution in [0.4, 0.5) is 0 Å². The van der Waals surface area contributed by atoms with Gasteiger partial charge in [-0.2, -0.15) is 5.26 Å². The summed E-state index contributed by atoms with van der Waals surface area (Å²) in [6.07, 6.45) is 1.16. The maximum atomic E-state index is 8.75. The third-order valence-corrected chi connectivity index (χ3v) is 4.18. The number of aromatic nitrogens is 1. The van der Waals surface area contributed by atoms with Gasteiger partial charge < -0.3 is 4.74 Å². The van der Waals surface area contributed by atoms with Gasteiger partial charge in [-0.05, 0) is 12.1 Å². The van der Waals surface area contributed by atoms with E-state index in [2.05, 4.69) is 11.1 Å². The molecule has 2 aromatic rings. The number of thiazole rings is 1. The van der Waals surface area contributed by atoms with Crippen molar-refractivity contribution in [1.82, 2.24) is 4.98 Å². The number of hydrogen-bond donors (Lipinski definition) is 0. The number of rotatable bonds is 1. The van der Waals surface area contributed by atoms with Crippen LogP contribution in [0.3, 0.4) is 0 Å². The first-order valence-corrected chi connectivity index (χ1v) is 6.76. The second-order valence-electron chi connectivity index (χ2n) is 3.93. The van der Waals surface area contributed by atoms with Gasteiger partial charge in [-0.25, -0.2) is 4.98 Å². The predicted molar refractivity (Wildman–Crippen MR) is 71.1 cm³/mol. The molecule has 1 aromatic heterocycles. The van der Waals surface area contributed by atoms with Crippen LogP contribution in [0.25, 0.3) is 11.3 Å². The first-order chi connectivity index (χ1) is 8.79. The van der Waals surface area contributed by atoms with Crippen LogP contribution in [-0.4, -0.2) is 11.6 Å². The number of ether oxygens (including phenoxy) is 1. The van der Waals surface area contributed by atoms with Crippen LogP contribution < -0.4 is 4.74 Å². The van der Waals surface area contributed by atoms with Gasteiger partial charge in [-0.1, -0.05) is 17.7 Å². The number of hydrogen-bond acceptors (Lipinski definition) is 4. The summed E-state index contributed by atoms with van der Waals surface area (Å²) in [5.41, 5.74) is 1.84. The summed E-state index contributed by atoms with van der Waals surface area (Å²) in [6, 6.07) is 7.80. The van der Waals surface area contributed by atoms with Gasteiger partial charge in [-0.15, -0.1) is 11.3 Å². The molecule has 0 saturated carbocycles. The Morgan fingerprint density at radius 2 is 2.39 bits per heavy atom. The van der Waals surface area contributed by atoms with Gasteiger partial charge in [0.1, 0.15) is 10.8 Å². The lowest BCUT2D eigenvalue weighted by molar-refractivity contribution is 0.327. The number of para-hydroxylation sites is 1. The molecule has 0 bridgehead atoms. The average molecular weight is 277 g/mol. The minimum absolute atomic E-state index is 0.356. The quantitative estimate of drug-likeness (QED) is 0.801. The molecule has 0 atom stereocenters. The van der Waals surface area contributed by atoms with Crippen molar-refractivity contribution in [2.75, 3.05) is 6.61 Å². The van der Waals surface area contributed by atoms with E-state index < -0.39 is 0 Å². The lowest BCUT2D eigenvalue weighted by Crippen LogP contribution is -1.98. The molecule has 3 nitrogen and oxygen atoms in total. The normalized spacial score (nSPS) is 12.9. The van der Waals surface area contributed by atoms with Crippen LogP contribution >= 0.6 is 22.9 Å². The fourth-order valence-electron chi connectivity index (χ4n) is 2.01. The van der Waals surface area contributed by atoms with Gasteiger partial charge in [0.15, 0.2) is 0 Å². The standard InChI is InChI=1S/C13H9ClN2OS/c14-9-3-1-2-8-12-10(5-7-17-13(8)9)18-11(16-12)4-6-15/h1-3H,4-5,7H2. The molecule has 2 heterocycles. The minimum Gasteiger partial charge on any atom is -0.491 e. The summed E-state index contributed by atoms with van der Waals surface area (Å²) in [5.74, 6) is 0.701. The van der Waals surface area contributed by atoms with Gasteiger partial charge in [0, 0.05) is 16.9 Å². The Balaban J connectivity index is 2.18. The van der Waals surface area contributed by atoms with E-state index >= 15 is 0 Å². The van der Waals surface area contributed by atoms with Crippen LogP contribution in [-0.2, 0) is 12.8 Å². The smallest absolute Gasteiger partial charge is 0.147 e. The van der Waals surface area contributed by atoms with Gasteiger partial charge in [0.2, 0.25) is 0 Å². The third-order valence-electron chi connectivity index (χ3n) is 2.77. The molecule has 0 N–H and O–H groups in total. The van der Waals surface area contributed by atoms with Gasteiger partial charge in [-0.3, -0.25) is 0 Å². The molecule has 5 heteroatoms. The van der Waals surface area contributed by atoms with Gasteiger partial charge in [0.25, 0.3) is 0 Å².